The van der Waals surface area contributed by atoms with Crippen LogP contribution in [0.2, 0.25) is 0 Å². The lowest BCUT2D eigenvalue weighted by Crippen LogP contribution is -1.47. The zero-order chi connectivity index (χ0) is 15.4. The smallest absolute Gasteiger partial charge is 0.0564 e. The Morgan fingerprint density at radius 3 is 0.368 bits per heavy atom. The molecule has 0 N–H and O–H groups in total. The second-order valence-corrected chi connectivity index (χ2v) is 1.000. The van der Waals surface area contributed by atoms with Gasteiger partial charge in [0.15, 0.2) is 0 Å². The lowest BCUT2D eigenvalue weighted by Gasteiger charge is -1.68. The lowest BCUT2D eigenvalue weighted by atomic mass is 10.4. The van der Waals surface area contributed by atoms with Crippen LogP contribution in [0.15, 0.2) is 0 Å². The summed E-state index contributed by atoms with van der Waals surface area (Å²) in [4.78, 5) is 0. The maximum absolute atomic E-state index is 2.18. The maximum Gasteiger partial charge on any atom is -0.0564 e. The van der Waals surface area contributed by atoms with Crippen LogP contribution >= 0.6 is 0 Å². The van der Waals surface area contributed by atoms with Gasteiger partial charge >= 0.3 is 0 Å². The molecule has 134 valence electrons. The van der Waals surface area contributed by atoms with Crippen molar-refractivity contribution < 1.29 is 0 Å². The molecule has 0 aromatic rings. The van der Waals surface area contributed by atoms with E-state index in [2.05, 4.69) is 13.8 Å². The summed E-state index contributed by atoms with van der Waals surface area (Å²) in [5.74, 6) is 0. The van der Waals surface area contributed by atoms with Crippen LogP contribution in [0, 0.1) is 0 Å². The van der Waals surface area contributed by atoms with Gasteiger partial charge in [0.2, 0.25) is 0 Å². The van der Waals surface area contributed by atoms with Gasteiger partial charge in [0, 0.05) is 0 Å². The molecule has 0 radical (unpaired) electrons. The van der Waals surface area contributed by atoms with Gasteiger partial charge in [-0.05, 0) is 0 Å². The molecule has 0 heterocycles. The van der Waals surface area contributed by atoms with Crippen LogP contribution in [0.3, 0.4) is 0 Å². The first-order valence-electron chi connectivity index (χ1n) is 7.91. The summed E-state index contributed by atoms with van der Waals surface area (Å²) in [6.07, 6.45) is 2.64. The molecule has 0 fully saturated rings. The molecule has 0 aromatic carbocycles. The van der Waals surface area contributed by atoms with Crippen molar-refractivity contribution in [3.63, 3.8) is 0 Å². The van der Waals surface area contributed by atoms with Crippen molar-refractivity contribution in [3.8, 4) is 0 Å². The zero-order valence-corrected chi connectivity index (χ0v) is 15.4. The van der Waals surface area contributed by atoms with Crippen LogP contribution in [-0.2, 0) is 0 Å². The summed E-state index contributed by atoms with van der Waals surface area (Å²) in [6.45, 7) is 28.4. The Labute approximate surface area is 132 Å². The standard InChI is InChI=1S/C4H10.6C2H6.3CH4/c1-3-4-2;6*1-2;;;/h3-4H2,1-2H3;6*1-2H3;3*1H4. The molecule has 0 nitrogen and oxygen atoms in total. The van der Waals surface area contributed by atoms with Gasteiger partial charge in [-0.1, -0.05) is 132 Å². The van der Waals surface area contributed by atoms with Crippen molar-refractivity contribution >= 4 is 0 Å². The highest BCUT2D eigenvalue weighted by Crippen LogP contribution is 1.76. The van der Waals surface area contributed by atoms with E-state index < -0.39 is 0 Å². The van der Waals surface area contributed by atoms with Crippen molar-refractivity contribution in [2.75, 3.05) is 0 Å². The monoisotopic (exact) mass is 286 g/mol. The Hall–Kier alpha value is 0. The van der Waals surface area contributed by atoms with Gasteiger partial charge < -0.3 is 0 Å². The molecule has 0 aliphatic heterocycles. The fourth-order valence-corrected chi connectivity index (χ4v) is 0. The summed E-state index contributed by atoms with van der Waals surface area (Å²) in [7, 11) is 0. The molecule has 0 rings (SSSR count). The molecule has 0 heteroatoms. The number of hydrogen-bond acceptors (Lipinski definition) is 0. The van der Waals surface area contributed by atoms with E-state index in [0.29, 0.717) is 0 Å². The van der Waals surface area contributed by atoms with Crippen LogP contribution in [0.1, 0.15) is 132 Å². The van der Waals surface area contributed by atoms with Crippen LogP contribution in [0.5, 0.6) is 0 Å². The Balaban J connectivity index is -0.00000000622. The van der Waals surface area contributed by atoms with Crippen molar-refractivity contribution in [1.29, 1.82) is 0 Å². The second-order valence-electron chi connectivity index (χ2n) is 1.000. The first-order chi connectivity index (χ1) is 7.91. The molecule has 0 saturated carbocycles. The molecular weight excluding hydrogens is 228 g/mol. The van der Waals surface area contributed by atoms with Gasteiger partial charge in [-0.2, -0.15) is 0 Å². The average molecular weight is 287 g/mol. The molecule has 0 unspecified atom stereocenters. The van der Waals surface area contributed by atoms with E-state index in [4.69, 9.17) is 0 Å². The SMILES string of the molecule is C.C.C.CC.CC.CC.CC.CC.CC.CCCC. The van der Waals surface area contributed by atoms with Crippen molar-refractivity contribution in [3.05, 3.63) is 0 Å². The Bertz CT molecular complexity index is 2.00. The quantitative estimate of drug-likeness (QED) is 0.450. The van der Waals surface area contributed by atoms with Crippen LogP contribution < -0.4 is 0 Å². The summed E-state index contributed by atoms with van der Waals surface area (Å²) in [5.41, 5.74) is 0. The molecular formula is C19H58. The molecule has 0 saturated heterocycles. The van der Waals surface area contributed by atoms with E-state index in [-0.39, 0.29) is 22.3 Å². The summed E-state index contributed by atoms with van der Waals surface area (Å²) < 4.78 is 0. The molecule has 19 heavy (non-hydrogen) atoms. The Morgan fingerprint density at radius 1 is 0.316 bits per heavy atom. The zero-order valence-electron chi connectivity index (χ0n) is 15.4. The Kier molecular flexibility index (Phi) is 5200. The van der Waals surface area contributed by atoms with E-state index >= 15 is 0 Å². The third-order valence-electron chi connectivity index (χ3n) is 0.500. The normalized spacial score (nSPS) is 3.47. The van der Waals surface area contributed by atoms with Gasteiger partial charge in [0.1, 0.15) is 0 Å². The second kappa shape index (κ2) is 1300. The molecule has 0 amide bonds. The van der Waals surface area contributed by atoms with Crippen molar-refractivity contribution in [1.82, 2.24) is 0 Å². The molecule has 0 spiro atoms. The van der Waals surface area contributed by atoms with E-state index in [1.807, 2.05) is 83.1 Å². The third kappa shape index (κ3) is 4610. The molecule has 0 atom stereocenters. The fourth-order valence-electron chi connectivity index (χ4n) is 0. The largest absolute Gasteiger partial charge is 0.0776 e. The molecule has 0 aromatic heterocycles. The van der Waals surface area contributed by atoms with Gasteiger partial charge in [-0.3, -0.25) is 0 Å². The highest BCUT2D eigenvalue weighted by Gasteiger charge is 1.56. The van der Waals surface area contributed by atoms with Crippen LogP contribution in [-0.4, -0.2) is 0 Å². The predicted octanol–water partition coefficient (Wildman–Crippen LogP) is 9.87. The van der Waals surface area contributed by atoms with Crippen LogP contribution in [0.25, 0.3) is 0 Å². The maximum atomic E-state index is 2.18. The van der Waals surface area contributed by atoms with E-state index in [0.717, 1.165) is 0 Å². The number of hydrogen-bond donors (Lipinski definition) is 0. The summed E-state index contributed by atoms with van der Waals surface area (Å²) in [6, 6.07) is 0. The van der Waals surface area contributed by atoms with Gasteiger partial charge in [-0.25, -0.2) is 0 Å². The highest BCUT2D eigenvalue weighted by molar-refractivity contribution is 4.12. The van der Waals surface area contributed by atoms with Gasteiger partial charge in [0.05, 0.1) is 0 Å². The minimum absolute atomic E-state index is 0. The fraction of sp³-hybridized carbons (Fsp3) is 1.00. The third-order valence-corrected chi connectivity index (χ3v) is 0.500. The van der Waals surface area contributed by atoms with E-state index in [1.165, 1.54) is 12.8 Å². The predicted molar refractivity (Wildman–Crippen MR) is 109 cm³/mol. The topological polar surface area (TPSA) is 0 Å². The minimum atomic E-state index is 0. The molecule has 0 bridgehead atoms. The first-order valence-corrected chi connectivity index (χ1v) is 7.91. The van der Waals surface area contributed by atoms with E-state index in [1.54, 1.807) is 0 Å². The van der Waals surface area contributed by atoms with E-state index in [9.17, 15) is 0 Å². The minimum Gasteiger partial charge on any atom is -0.0776 e. The Morgan fingerprint density at radius 2 is 0.368 bits per heavy atom. The molecule has 0 aliphatic rings. The first kappa shape index (κ1) is 76.0. The highest BCUT2D eigenvalue weighted by atomic mass is 13.6. The summed E-state index contributed by atoms with van der Waals surface area (Å²) >= 11 is 0. The lowest BCUT2D eigenvalue weighted by molar-refractivity contribution is 0.886. The van der Waals surface area contributed by atoms with Crippen molar-refractivity contribution in [2.45, 2.75) is 132 Å². The average Bonchev–Trinajstić information content (AvgIpc) is 2.51. The summed E-state index contributed by atoms with van der Waals surface area (Å²) in [5, 5.41) is 0. The van der Waals surface area contributed by atoms with Crippen molar-refractivity contribution in [2.24, 2.45) is 0 Å². The number of unbranched alkanes of at least 4 members (excludes halogenated alkanes) is 1. The number of rotatable bonds is 1. The van der Waals surface area contributed by atoms with Gasteiger partial charge in [-0.15, -0.1) is 0 Å². The van der Waals surface area contributed by atoms with Crippen LogP contribution in [0.4, 0.5) is 0 Å². The molecule has 0 aliphatic carbocycles. The van der Waals surface area contributed by atoms with Gasteiger partial charge in [0.25, 0.3) is 0 Å².